The second-order valence-electron chi connectivity index (χ2n) is 3.68. The monoisotopic (exact) mass is 253 g/mol. The molecular formula is C12H15NO5. The number of benzene rings is 1. The summed E-state index contributed by atoms with van der Waals surface area (Å²) in [7, 11) is 1.20. The molecule has 0 aliphatic carbocycles. The molecule has 0 aliphatic heterocycles. The Hall–Kier alpha value is -2.08. The van der Waals surface area contributed by atoms with Gasteiger partial charge in [-0.1, -0.05) is 18.2 Å². The fraction of sp³-hybridized carbons (Fsp3) is 0.333. The average molecular weight is 253 g/mol. The number of carboxylic acid groups (broad SMARTS) is 1. The highest BCUT2D eigenvalue weighted by atomic mass is 16.5. The minimum Gasteiger partial charge on any atom is -0.508 e. The van der Waals surface area contributed by atoms with Gasteiger partial charge in [-0.2, -0.15) is 0 Å². The van der Waals surface area contributed by atoms with Crippen molar-refractivity contribution in [3.05, 3.63) is 29.8 Å². The van der Waals surface area contributed by atoms with Crippen LogP contribution in [0.2, 0.25) is 0 Å². The van der Waals surface area contributed by atoms with E-state index in [4.69, 9.17) is 5.11 Å². The summed E-state index contributed by atoms with van der Waals surface area (Å²) in [6.45, 7) is 0.153. The summed E-state index contributed by atoms with van der Waals surface area (Å²) in [5.41, 5.74) is 0.564. The molecule has 98 valence electrons. The largest absolute Gasteiger partial charge is 0.508 e. The van der Waals surface area contributed by atoms with E-state index >= 15 is 0 Å². The molecule has 0 saturated heterocycles. The second-order valence-corrected chi connectivity index (χ2v) is 3.68. The average Bonchev–Trinajstić information content (AvgIpc) is 2.35. The number of rotatable bonds is 6. The number of methoxy groups -OCH3 is 1. The first-order valence-corrected chi connectivity index (χ1v) is 5.34. The molecule has 6 heteroatoms. The zero-order valence-electron chi connectivity index (χ0n) is 9.92. The van der Waals surface area contributed by atoms with Gasteiger partial charge in [0.15, 0.2) is 0 Å². The van der Waals surface area contributed by atoms with Crippen LogP contribution in [-0.2, 0) is 20.9 Å². The summed E-state index contributed by atoms with van der Waals surface area (Å²) < 4.78 is 4.41. The van der Waals surface area contributed by atoms with Crippen LogP contribution in [0.3, 0.4) is 0 Å². The first-order chi connectivity index (χ1) is 8.54. The van der Waals surface area contributed by atoms with E-state index < -0.39 is 18.0 Å². The highest BCUT2D eigenvalue weighted by molar-refractivity contribution is 5.81. The summed E-state index contributed by atoms with van der Waals surface area (Å²) in [6, 6.07) is 5.53. The molecule has 0 aliphatic rings. The van der Waals surface area contributed by atoms with Crippen LogP contribution in [0.4, 0.5) is 0 Å². The van der Waals surface area contributed by atoms with Crippen molar-refractivity contribution in [2.24, 2.45) is 0 Å². The number of esters is 1. The first-order valence-electron chi connectivity index (χ1n) is 5.34. The normalized spacial score (nSPS) is 11.8. The molecule has 0 heterocycles. The number of para-hydroxylation sites is 1. The van der Waals surface area contributed by atoms with Crippen molar-refractivity contribution in [2.45, 2.75) is 19.0 Å². The number of carbonyl (C=O) groups is 2. The second kappa shape index (κ2) is 6.61. The van der Waals surface area contributed by atoms with E-state index in [9.17, 15) is 14.7 Å². The lowest BCUT2D eigenvalue weighted by molar-refractivity contribution is -0.147. The molecule has 1 aromatic carbocycles. The van der Waals surface area contributed by atoms with Gasteiger partial charge in [-0.3, -0.25) is 14.9 Å². The van der Waals surface area contributed by atoms with Gasteiger partial charge in [-0.15, -0.1) is 0 Å². The molecule has 0 spiro atoms. The molecule has 1 aromatic rings. The number of phenols is 1. The maximum Gasteiger partial charge on any atom is 0.321 e. The zero-order valence-corrected chi connectivity index (χ0v) is 9.92. The Labute approximate surface area is 104 Å². The Kier molecular flexibility index (Phi) is 5.13. The smallest absolute Gasteiger partial charge is 0.321 e. The Morgan fingerprint density at radius 3 is 2.61 bits per heavy atom. The maximum atomic E-state index is 11.0. The van der Waals surface area contributed by atoms with Crippen LogP contribution in [0, 0.1) is 0 Å². The molecule has 0 aromatic heterocycles. The molecule has 0 saturated carbocycles. The van der Waals surface area contributed by atoms with Crippen LogP contribution < -0.4 is 5.32 Å². The third-order valence-electron chi connectivity index (χ3n) is 2.43. The van der Waals surface area contributed by atoms with Crippen LogP contribution in [0.5, 0.6) is 5.75 Å². The Balaban J connectivity index is 2.60. The van der Waals surface area contributed by atoms with Crippen molar-refractivity contribution >= 4 is 11.9 Å². The number of ether oxygens (including phenoxy) is 1. The summed E-state index contributed by atoms with van der Waals surface area (Å²) in [5.74, 6) is -1.67. The molecule has 0 fully saturated rings. The summed E-state index contributed by atoms with van der Waals surface area (Å²) in [5, 5.41) is 21.1. The molecule has 0 unspecified atom stereocenters. The topological polar surface area (TPSA) is 95.9 Å². The van der Waals surface area contributed by atoms with Crippen LogP contribution >= 0.6 is 0 Å². The van der Waals surface area contributed by atoms with Crippen LogP contribution in [-0.4, -0.2) is 35.3 Å². The first kappa shape index (κ1) is 14.0. The minimum absolute atomic E-state index is 0.0761. The number of hydrogen-bond acceptors (Lipinski definition) is 5. The predicted molar refractivity (Wildman–Crippen MR) is 63.0 cm³/mol. The molecule has 18 heavy (non-hydrogen) atoms. The van der Waals surface area contributed by atoms with Crippen molar-refractivity contribution in [1.29, 1.82) is 0 Å². The van der Waals surface area contributed by atoms with Gasteiger partial charge in [0.05, 0.1) is 13.5 Å². The molecule has 1 rings (SSSR count). The Morgan fingerprint density at radius 2 is 2.06 bits per heavy atom. The van der Waals surface area contributed by atoms with Crippen molar-refractivity contribution in [2.75, 3.05) is 7.11 Å². The van der Waals surface area contributed by atoms with Crippen molar-refractivity contribution in [3.63, 3.8) is 0 Å². The number of aliphatic carboxylic acids is 1. The van der Waals surface area contributed by atoms with Gasteiger partial charge in [-0.25, -0.2) is 0 Å². The van der Waals surface area contributed by atoms with Gasteiger partial charge in [0.25, 0.3) is 0 Å². The van der Waals surface area contributed by atoms with Gasteiger partial charge in [0, 0.05) is 12.1 Å². The molecule has 0 amide bonds. The van der Waals surface area contributed by atoms with E-state index in [1.807, 2.05) is 0 Å². The van der Waals surface area contributed by atoms with Crippen molar-refractivity contribution in [3.8, 4) is 5.75 Å². The van der Waals surface area contributed by atoms with E-state index in [0.717, 1.165) is 0 Å². The summed E-state index contributed by atoms with van der Waals surface area (Å²) in [4.78, 5) is 22.0. The van der Waals surface area contributed by atoms with Gasteiger partial charge >= 0.3 is 11.9 Å². The van der Waals surface area contributed by atoms with Crippen LogP contribution in [0.15, 0.2) is 24.3 Å². The number of nitrogens with one attached hydrogen (secondary N) is 1. The highest BCUT2D eigenvalue weighted by Crippen LogP contribution is 2.15. The standard InChI is InChI=1S/C12H15NO5/c1-18-11(15)6-9(12(16)17)13-7-8-4-2-3-5-10(8)14/h2-5,9,13-14H,6-7H2,1H3,(H,16,17)/t9-/m0/s1. The van der Waals surface area contributed by atoms with Gasteiger partial charge < -0.3 is 14.9 Å². The SMILES string of the molecule is COC(=O)C[C@H](NCc1ccccc1O)C(=O)O. The minimum atomic E-state index is -1.14. The lowest BCUT2D eigenvalue weighted by atomic mass is 10.1. The molecule has 1 atom stereocenters. The van der Waals surface area contributed by atoms with E-state index in [2.05, 4.69) is 10.1 Å². The van der Waals surface area contributed by atoms with E-state index in [1.165, 1.54) is 13.2 Å². The Bertz CT molecular complexity index is 432. The number of carboxylic acids is 1. The number of carbonyl (C=O) groups excluding carboxylic acids is 1. The number of hydrogen-bond donors (Lipinski definition) is 3. The lowest BCUT2D eigenvalue weighted by Crippen LogP contribution is -2.38. The quantitative estimate of drug-likeness (QED) is 0.639. The molecule has 3 N–H and O–H groups in total. The molecular weight excluding hydrogens is 238 g/mol. The molecule has 0 radical (unpaired) electrons. The van der Waals surface area contributed by atoms with E-state index in [1.54, 1.807) is 18.2 Å². The van der Waals surface area contributed by atoms with Crippen LogP contribution in [0.25, 0.3) is 0 Å². The van der Waals surface area contributed by atoms with Gasteiger partial charge in [-0.05, 0) is 6.07 Å². The van der Waals surface area contributed by atoms with Crippen LogP contribution in [0.1, 0.15) is 12.0 Å². The van der Waals surface area contributed by atoms with Gasteiger partial charge in [0.2, 0.25) is 0 Å². The highest BCUT2D eigenvalue weighted by Gasteiger charge is 2.21. The third kappa shape index (κ3) is 4.06. The Morgan fingerprint density at radius 1 is 1.39 bits per heavy atom. The summed E-state index contributed by atoms with van der Waals surface area (Å²) in [6.07, 6.45) is -0.264. The lowest BCUT2D eigenvalue weighted by Gasteiger charge is -2.13. The number of aromatic hydroxyl groups is 1. The van der Waals surface area contributed by atoms with Crippen molar-refractivity contribution in [1.82, 2.24) is 5.32 Å². The molecule has 6 nitrogen and oxygen atoms in total. The zero-order chi connectivity index (χ0) is 13.5. The summed E-state index contributed by atoms with van der Waals surface area (Å²) >= 11 is 0. The third-order valence-corrected chi connectivity index (χ3v) is 2.43. The van der Waals surface area contributed by atoms with E-state index in [-0.39, 0.29) is 18.7 Å². The maximum absolute atomic E-state index is 11.0. The fourth-order valence-corrected chi connectivity index (χ4v) is 1.39. The molecule has 0 bridgehead atoms. The van der Waals surface area contributed by atoms with Crippen molar-refractivity contribution < 1.29 is 24.5 Å². The predicted octanol–water partition coefficient (Wildman–Crippen LogP) is 0.498. The fourth-order valence-electron chi connectivity index (χ4n) is 1.39. The number of phenolic OH excluding ortho intramolecular Hbond substituents is 1. The van der Waals surface area contributed by atoms with E-state index in [0.29, 0.717) is 5.56 Å². The van der Waals surface area contributed by atoms with Gasteiger partial charge in [0.1, 0.15) is 11.8 Å².